The van der Waals surface area contributed by atoms with Crippen LogP contribution in [0.25, 0.3) is 0 Å². The van der Waals surface area contributed by atoms with Crippen molar-refractivity contribution in [2.45, 2.75) is 78.4 Å². The van der Waals surface area contributed by atoms with E-state index in [0.717, 1.165) is 19.3 Å². The molecule has 0 fully saturated rings. The van der Waals surface area contributed by atoms with Gasteiger partial charge in [0.05, 0.1) is 5.69 Å². The van der Waals surface area contributed by atoms with Gasteiger partial charge in [-0.2, -0.15) is 22.0 Å². The van der Waals surface area contributed by atoms with Gasteiger partial charge >= 0.3 is 12.1 Å². The Labute approximate surface area is 133 Å². The molecule has 0 aliphatic rings. The highest BCUT2D eigenvalue weighted by molar-refractivity contribution is 5.19. The molecule has 3 nitrogen and oxygen atoms in total. The van der Waals surface area contributed by atoms with Crippen molar-refractivity contribution in [2.24, 2.45) is 5.41 Å². The third kappa shape index (κ3) is 5.14. The zero-order valence-corrected chi connectivity index (χ0v) is 14.0. The van der Waals surface area contributed by atoms with Crippen molar-refractivity contribution < 1.29 is 22.0 Å². The molecule has 0 unspecified atom stereocenters. The summed E-state index contributed by atoms with van der Waals surface area (Å²) in [4.78, 5) is 0. The van der Waals surface area contributed by atoms with E-state index in [4.69, 9.17) is 0 Å². The first kappa shape index (κ1) is 19.8. The van der Waals surface area contributed by atoms with Crippen LogP contribution in [0.4, 0.5) is 22.0 Å². The summed E-state index contributed by atoms with van der Waals surface area (Å²) in [5.41, 5.74) is -1.86. The number of hydrogen-bond acceptors (Lipinski definition) is 2. The molecule has 0 radical (unpaired) electrons. The van der Waals surface area contributed by atoms with E-state index >= 15 is 0 Å². The molecule has 0 bridgehead atoms. The Bertz CT molecular complexity index is 500. The second kappa shape index (κ2) is 7.13. The van der Waals surface area contributed by atoms with Gasteiger partial charge in [-0.25, -0.2) is 4.68 Å². The van der Waals surface area contributed by atoms with Gasteiger partial charge in [0.15, 0.2) is 5.69 Å². The second-order valence-corrected chi connectivity index (χ2v) is 6.98. The summed E-state index contributed by atoms with van der Waals surface area (Å²) in [6.45, 7) is 7.65. The van der Waals surface area contributed by atoms with Crippen LogP contribution >= 0.6 is 0 Å². The Balaban J connectivity index is 3.14. The maximum absolute atomic E-state index is 13.7. The Morgan fingerprint density at radius 1 is 0.957 bits per heavy atom. The van der Waals surface area contributed by atoms with Crippen molar-refractivity contribution in [3.8, 4) is 0 Å². The fourth-order valence-electron chi connectivity index (χ4n) is 2.26. The molecule has 0 N–H and O–H groups in total. The van der Waals surface area contributed by atoms with E-state index in [1.165, 1.54) is 4.68 Å². The number of nitrogens with zero attached hydrogens (tertiary/aromatic N) is 3. The lowest BCUT2D eigenvalue weighted by Gasteiger charge is -2.23. The fourth-order valence-corrected chi connectivity index (χ4v) is 2.26. The average Bonchev–Trinajstić information content (AvgIpc) is 2.74. The molecule has 1 aromatic heterocycles. The summed E-state index contributed by atoms with van der Waals surface area (Å²) in [5.74, 6) is -4.99. The minimum Gasteiger partial charge on any atom is -0.249 e. The molecule has 0 aromatic carbocycles. The van der Waals surface area contributed by atoms with Gasteiger partial charge in [0.1, 0.15) is 0 Å². The molecule has 23 heavy (non-hydrogen) atoms. The van der Waals surface area contributed by atoms with Gasteiger partial charge in [0.25, 0.3) is 0 Å². The molecule has 8 heteroatoms. The quantitative estimate of drug-likeness (QED) is 0.510. The molecular formula is C15H24F5N3. The number of hydrogen-bond donors (Lipinski definition) is 0. The third-order valence-electron chi connectivity index (χ3n) is 3.41. The number of rotatable bonds is 7. The summed E-state index contributed by atoms with van der Waals surface area (Å²) in [6, 6.07) is 0. The van der Waals surface area contributed by atoms with Crippen LogP contribution in [0.1, 0.15) is 64.8 Å². The molecule has 0 spiro atoms. The fraction of sp³-hybridized carbons (Fsp3) is 0.867. The predicted octanol–water partition coefficient (Wildman–Crippen LogP) is 5.10. The molecule has 134 valence electrons. The van der Waals surface area contributed by atoms with Crippen LogP contribution in [-0.4, -0.2) is 21.2 Å². The zero-order valence-electron chi connectivity index (χ0n) is 14.0. The maximum Gasteiger partial charge on any atom is 0.459 e. The van der Waals surface area contributed by atoms with E-state index in [0.29, 0.717) is 13.0 Å². The summed E-state index contributed by atoms with van der Waals surface area (Å²) < 4.78 is 66.6. The minimum atomic E-state index is -5.68. The number of unbranched alkanes of at least 4 members (excludes halogenated alkanes) is 3. The first-order chi connectivity index (χ1) is 10.4. The summed E-state index contributed by atoms with van der Waals surface area (Å²) >= 11 is 0. The van der Waals surface area contributed by atoms with Gasteiger partial charge in [0, 0.05) is 6.54 Å². The lowest BCUT2D eigenvalue weighted by atomic mass is 9.89. The monoisotopic (exact) mass is 341 g/mol. The van der Waals surface area contributed by atoms with Crippen molar-refractivity contribution >= 4 is 0 Å². The molecule has 0 saturated heterocycles. The molecule has 0 atom stereocenters. The number of alkyl halides is 5. The SMILES string of the molecule is CCCCCCn1nnc(C(F)(F)C(F)(F)F)c1CC(C)(C)C. The lowest BCUT2D eigenvalue weighted by molar-refractivity contribution is -0.291. The van der Waals surface area contributed by atoms with E-state index in [9.17, 15) is 22.0 Å². The van der Waals surface area contributed by atoms with Crippen molar-refractivity contribution in [3.63, 3.8) is 0 Å². The maximum atomic E-state index is 13.7. The van der Waals surface area contributed by atoms with Crippen molar-refractivity contribution in [2.75, 3.05) is 0 Å². The average molecular weight is 341 g/mol. The van der Waals surface area contributed by atoms with E-state index < -0.39 is 23.2 Å². The van der Waals surface area contributed by atoms with Crippen molar-refractivity contribution in [1.29, 1.82) is 0 Å². The Morgan fingerprint density at radius 2 is 1.57 bits per heavy atom. The van der Waals surface area contributed by atoms with Crippen molar-refractivity contribution in [1.82, 2.24) is 15.0 Å². The Kier molecular flexibility index (Phi) is 6.15. The van der Waals surface area contributed by atoms with Gasteiger partial charge < -0.3 is 0 Å². The highest BCUT2D eigenvalue weighted by Gasteiger charge is 2.62. The minimum absolute atomic E-state index is 0.0504. The lowest BCUT2D eigenvalue weighted by Crippen LogP contribution is -2.35. The zero-order chi connectivity index (χ0) is 17.9. The van der Waals surface area contributed by atoms with Crippen LogP contribution in [0, 0.1) is 5.41 Å². The number of aryl methyl sites for hydroxylation is 1. The van der Waals surface area contributed by atoms with Gasteiger partial charge in [0.2, 0.25) is 0 Å². The van der Waals surface area contributed by atoms with Crippen molar-refractivity contribution in [3.05, 3.63) is 11.4 Å². The molecule has 1 aromatic rings. The summed E-state index contributed by atoms with van der Waals surface area (Å²) in [7, 11) is 0. The van der Waals surface area contributed by atoms with Crippen LogP contribution in [0.15, 0.2) is 0 Å². The van der Waals surface area contributed by atoms with Crippen LogP contribution in [0.3, 0.4) is 0 Å². The predicted molar refractivity (Wildman–Crippen MR) is 77.3 cm³/mol. The van der Waals surface area contributed by atoms with Gasteiger partial charge in [-0.15, -0.1) is 5.10 Å². The van der Waals surface area contributed by atoms with E-state index in [-0.39, 0.29) is 12.1 Å². The largest absolute Gasteiger partial charge is 0.459 e. The standard InChI is InChI=1S/C15H24F5N3/c1-5-6-7-8-9-23-11(10-13(2,3)4)12(21-22-23)14(16,17)15(18,19)20/h5-10H2,1-4H3. The normalized spacial score (nSPS) is 13.6. The van der Waals surface area contributed by atoms with Crippen LogP contribution in [-0.2, 0) is 18.9 Å². The Morgan fingerprint density at radius 3 is 2.04 bits per heavy atom. The van der Waals surface area contributed by atoms with Crippen LogP contribution < -0.4 is 0 Å². The summed E-state index contributed by atoms with van der Waals surface area (Å²) in [5, 5.41) is 6.74. The van der Waals surface area contributed by atoms with E-state index in [1.54, 1.807) is 20.8 Å². The number of halogens is 5. The van der Waals surface area contributed by atoms with Crippen LogP contribution in [0.5, 0.6) is 0 Å². The van der Waals surface area contributed by atoms with Gasteiger partial charge in [-0.1, -0.05) is 52.2 Å². The molecule has 1 heterocycles. The molecular weight excluding hydrogens is 317 g/mol. The third-order valence-corrected chi connectivity index (χ3v) is 3.41. The Hall–Kier alpha value is -1.21. The molecule has 0 saturated carbocycles. The molecule has 1 rings (SSSR count). The van der Waals surface area contributed by atoms with Gasteiger partial charge in [-0.3, -0.25) is 0 Å². The van der Waals surface area contributed by atoms with Gasteiger partial charge in [-0.05, 0) is 18.3 Å². The topological polar surface area (TPSA) is 30.7 Å². The first-order valence-electron chi connectivity index (χ1n) is 7.77. The highest BCUT2D eigenvalue weighted by Crippen LogP contribution is 2.44. The van der Waals surface area contributed by atoms with Crippen LogP contribution in [0.2, 0.25) is 0 Å². The number of aromatic nitrogens is 3. The first-order valence-corrected chi connectivity index (χ1v) is 7.77. The highest BCUT2D eigenvalue weighted by atomic mass is 19.4. The summed E-state index contributed by atoms with van der Waals surface area (Å²) in [6.07, 6.45) is -2.10. The smallest absolute Gasteiger partial charge is 0.249 e. The van der Waals surface area contributed by atoms with E-state index in [1.807, 2.05) is 6.92 Å². The molecule has 0 aliphatic carbocycles. The molecule has 0 aliphatic heterocycles. The molecule has 0 amide bonds. The van der Waals surface area contributed by atoms with E-state index in [2.05, 4.69) is 10.3 Å². The second-order valence-electron chi connectivity index (χ2n) is 6.98.